The van der Waals surface area contributed by atoms with Crippen molar-refractivity contribution in [2.45, 2.75) is 38.1 Å². The zero-order valence-electron chi connectivity index (χ0n) is 11.5. The molecule has 7 nitrogen and oxygen atoms in total. The summed E-state index contributed by atoms with van der Waals surface area (Å²) >= 11 is 0. The fraction of sp³-hybridized carbons (Fsp3) is 0.769. The maximum absolute atomic E-state index is 11.9. The monoisotopic (exact) mass is 283 g/mol. The molecule has 112 valence electrons. The van der Waals surface area contributed by atoms with Crippen molar-refractivity contribution in [2.75, 3.05) is 26.2 Å². The minimum absolute atomic E-state index is 0.0539. The number of carbonyl (C=O) groups excluding carboxylic acids is 2. The first-order valence-electron chi connectivity index (χ1n) is 7.14. The van der Waals surface area contributed by atoms with E-state index in [9.17, 15) is 14.4 Å². The predicted molar refractivity (Wildman–Crippen MR) is 71.2 cm³/mol. The second-order valence-corrected chi connectivity index (χ2v) is 5.29. The number of hydrogen-bond acceptors (Lipinski definition) is 3. The Morgan fingerprint density at radius 2 is 1.75 bits per heavy atom. The Hall–Kier alpha value is -1.79. The molecule has 2 heterocycles. The molecule has 2 saturated heterocycles. The highest BCUT2D eigenvalue weighted by Gasteiger charge is 2.34. The van der Waals surface area contributed by atoms with Gasteiger partial charge >= 0.3 is 12.0 Å². The van der Waals surface area contributed by atoms with Crippen LogP contribution in [-0.4, -0.2) is 65.0 Å². The standard InChI is InChI=1S/C13H21N3O4/c17-11(15-6-2-1-3-7-15)9-14-13(20)16-8-4-5-10(16)12(18)19/h10H,1-9H2,(H,14,20)(H,18,19)/t10-/m0/s1. The first kappa shape index (κ1) is 14.6. The first-order valence-corrected chi connectivity index (χ1v) is 7.14. The summed E-state index contributed by atoms with van der Waals surface area (Å²) in [7, 11) is 0. The van der Waals surface area contributed by atoms with Crippen molar-refractivity contribution in [3.63, 3.8) is 0 Å². The van der Waals surface area contributed by atoms with E-state index in [2.05, 4.69) is 5.32 Å². The molecule has 0 aliphatic carbocycles. The third-order valence-electron chi connectivity index (χ3n) is 3.90. The van der Waals surface area contributed by atoms with Crippen LogP contribution in [0.25, 0.3) is 0 Å². The molecule has 0 aromatic rings. The first-order chi connectivity index (χ1) is 9.59. The number of piperidine rings is 1. The minimum Gasteiger partial charge on any atom is -0.480 e. The Labute approximate surface area is 117 Å². The third kappa shape index (κ3) is 3.40. The number of nitrogens with zero attached hydrogens (tertiary/aromatic N) is 2. The summed E-state index contributed by atoms with van der Waals surface area (Å²) in [5.74, 6) is -1.08. The van der Waals surface area contributed by atoms with Crippen molar-refractivity contribution < 1.29 is 19.5 Å². The summed E-state index contributed by atoms with van der Waals surface area (Å²) < 4.78 is 0. The Bertz CT molecular complexity index is 393. The molecule has 2 rings (SSSR count). The van der Waals surface area contributed by atoms with Crippen LogP contribution in [0.5, 0.6) is 0 Å². The van der Waals surface area contributed by atoms with E-state index in [1.54, 1.807) is 4.90 Å². The predicted octanol–water partition coefficient (Wildman–Crippen LogP) is 0.258. The summed E-state index contributed by atoms with van der Waals surface area (Å²) in [6.45, 7) is 1.87. The molecule has 0 unspecified atom stereocenters. The van der Waals surface area contributed by atoms with Gasteiger partial charge in [-0.2, -0.15) is 0 Å². The lowest BCUT2D eigenvalue weighted by atomic mass is 10.1. The number of carboxylic acid groups (broad SMARTS) is 1. The van der Waals surface area contributed by atoms with Crippen molar-refractivity contribution in [3.8, 4) is 0 Å². The van der Waals surface area contributed by atoms with E-state index in [1.807, 2.05) is 0 Å². The van der Waals surface area contributed by atoms with E-state index in [-0.39, 0.29) is 12.5 Å². The SMILES string of the molecule is O=C(O)[C@@H]1CCCN1C(=O)NCC(=O)N1CCCCC1. The van der Waals surface area contributed by atoms with E-state index in [0.717, 1.165) is 32.4 Å². The Morgan fingerprint density at radius 3 is 2.40 bits per heavy atom. The van der Waals surface area contributed by atoms with E-state index >= 15 is 0 Å². The van der Waals surface area contributed by atoms with Gasteiger partial charge in [0.05, 0.1) is 6.54 Å². The molecule has 0 spiro atoms. The average Bonchev–Trinajstić information content (AvgIpc) is 2.95. The summed E-state index contributed by atoms with van der Waals surface area (Å²) in [6, 6.07) is -1.22. The summed E-state index contributed by atoms with van der Waals surface area (Å²) in [5, 5.41) is 11.6. The number of amides is 3. The van der Waals surface area contributed by atoms with Gasteiger partial charge in [-0.15, -0.1) is 0 Å². The number of nitrogens with one attached hydrogen (secondary N) is 1. The molecule has 0 bridgehead atoms. The Kier molecular flexibility index (Phi) is 4.81. The number of aliphatic carboxylic acids is 1. The number of rotatable bonds is 3. The van der Waals surface area contributed by atoms with Crippen LogP contribution in [0, 0.1) is 0 Å². The van der Waals surface area contributed by atoms with Gasteiger partial charge in [-0.05, 0) is 32.1 Å². The molecule has 3 amide bonds. The quantitative estimate of drug-likeness (QED) is 0.777. The van der Waals surface area contributed by atoms with Crippen LogP contribution < -0.4 is 5.32 Å². The van der Waals surface area contributed by atoms with E-state index < -0.39 is 18.0 Å². The van der Waals surface area contributed by atoms with Crippen molar-refractivity contribution in [1.82, 2.24) is 15.1 Å². The maximum atomic E-state index is 11.9. The summed E-state index contributed by atoms with van der Waals surface area (Å²) in [6.07, 6.45) is 4.32. The number of hydrogen-bond donors (Lipinski definition) is 2. The highest BCUT2D eigenvalue weighted by atomic mass is 16.4. The molecule has 0 radical (unpaired) electrons. The number of likely N-dealkylation sites (tertiary alicyclic amines) is 2. The molecule has 1 atom stereocenters. The van der Waals surface area contributed by atoms with Gasteiger partial charge in [0.1, 0.15) is 6.04 Å². The minimum atomic E-state index is -0.986. The molecule has 0 saturated carbocycles. The van der Waals surface area contributed by atoms with Crippen molar-refractivity contribution >= 4 is 17.9 Å². The molecule has 2 N–H and O–H groups in total. The molecule has 2 aliphatic heterocycles. The van der Waals surface area contributed by atoms with E-state index in [0.29, 0.717) is 19.4 Å². The molecule has 7 heteroatoms. The fourth-order valence-corrected chi connectivity index (χ4v) is 2.77. The topological polar surface area (TPSA) is 90.0 Å². The van der Waals surface area contributed by atoms with Crippen LogP contribution in [0.1, 0.15) is 32.1 Å². The summed E-state index contributed by atoms with van der Waals surface area (Å²) in [5.41, 5.74) is 0. The van der Waals surface area contributed by atoms with Crippen LogP contribution in [0.3, 0.4) is 0 Å². The second kappa shape index (κ2) is 6.58. The maximum Gasteiger partial charge on any atom is 0.326 e. The molecular weight excluding hydrogens is 262 g/mol. The zero-order valence-corrected chi connectivity index (χ0v) is 11.5. The number of urea groups is 1. The highest BCUT2D eigenvalue weighted by Crippen LogP contribution is 2.17. The Balaban J connectivity index is 1.79. The summed E-state index contributed by atoms with van der Waals surface area (Å²) in [4.78, 5) is 37.9. The van der Waals surface area contributed by atoms with Gasteiger partial charge in [-0.25, -0.2) is 9.59 Å². The van der Waals surface area contributed by atoms with Gasteiger partial charge in [0.2, 0.25) is 5.91 Å². The molecule has 0 aromatic heterocycles. The largest absolute Gasteiger partial charge is 0.480 e. The normalized spacial score (nSPS) is 22.7. The molecule has 0 aromatic carbocycles. The zero-order chi connectivity index (χ0) is 14.5. The molecule has 20 heavy (non-hydrogen) atoms. The second-order valence-electron chi connectivity index (χ2n) is 5.29. The van der Waals surface area contributed by atoms with Crippen molar-refractivity contribution in [3.05, 3.63) is 0 Å². The lowest BCUT2D eigenvalue weighted by molar-refractivity contribution is -0.141. The van der Waals surface area contributed by atoms with Crippen LogP contribution in [0.4, 0.5) is 4.79 Å². The average molecular weight is 283 g/mol. The van der Waals surface area contributed by atoms with Gasteiger partial charge in [0.25, 0.3) is 0 Å². The molecule has 2 fully saturated rings. The lowest BCUT2D eigenvalue weighted by Crippen LogP contribution is -2.49. The highest BCUT2D eigenvalue weighted by molar-refractivity contribution is 5.87. The van der Waals surface area contributed by atoms with Crippen LogP contribution >= 0.6 is 0 Å². The van der Waals surface area contributed by atoms with Crippen LogP contribution in [0.2, 0.25) is 0 Å². The third-order valence-corrected chi connectivity index (χ3v) is 3.90. The van der Waals surface area contributed by atoms with Gasteiger partial charge in [-0.1, -0.05) is 0 Å². The van der Waals surface area contributed by atoms with Crippen LogP contribution in [0.15, 0.2) is 0 Å². The van der Waals surface area contributed by atoms with Gasteiger partial charge in [-0.3, -0.25) is 4.79 Å². The number of carboxylic acids is 1. The van der Waals surface area contributed by atoms with E-state index in [1.165, 1.54) is 4.90 Å². The Morgan fingerprint density at radius 1 is 1.05 bits per heavy atom. The molecule has 2 aliphatic rings. The van der Waals surface area contributed by atoms with E-state index in [4.69, 9.17) is 5.11 Å². The molecular formula is C13H21N3O4. The van der Waals surface area contributed by atoms with Gasteiger partial charge in [0, 0.05) is 19.6 Å². The van der Waals surface area contributed by atoms with Crippen molar-refractivity contribution in [2.24, 2.45) is 0 Å². The van der Waals surface area contributed by atoms with Crippen LogP contribution in [-0.2, 0) is 9.59 Å². The fourth-order valence-electron chi connectivity index (χ4n) is 2.77. The lowest BCUT2D eigenvalue weighted by Gasteiger charge is -2.27. The van der Waals surface area contributed by atoms with Crippen molar-refractivity contribution in [1.29, 1.82) is 0 Å². The van der Waals surface area contributed by atoms with Gasteiger partial charge < -0.3 is 20.2 Å². The number of carbonyl (C=O) groups is 3. The van der Waals surface area contributed by atoms with Gasteiger partial charge in [0.15, 0.2) is 0 Å². The smallest absolute Gasteiger partial charge is 0.326 e.